The molecule has 35 heavy (non-hydrogen) atoms. The Kier molecular flexibility index (Phi) is 24.7. The van der Waals surface area contributed by atoms with Gasteiger partial charge in [0.25, 0.3) is 0 Å². The molecule has 8 nitrogen and oxygen atoms in total. The van der Waals surface area contributed by atoms with E-state index in [0.717, 1.165) is 12.8 Å². The number of nitrogens with zero attached hydrogens (tertiary/aromatic N) is 1. The zero-order valence-corrected chi connectivity index (χ0v) is 22.5. The summed E-state index contributed by atoms with van der Waals surface area (Å²) in [6.07, 6.45) is 21.6. The number of hydrogen-bond donors (Lipinski definition) is 5. The molecule has 0 saturated carbocycles. The Morgan fingerprint density at radius 3 is 1.77 bits per heavy atom. The Bertz CT molecular complexity index is 502. The smallest absolute Gasteiger partial charge is 0.320 e. The molecule has 0 aliphatic heterocycles. The molecule has 8 heteroatoms. The molecule has 2 atom stereocenters. The number of rotatable bonds is 27. The topological polar surface area (TPSA) is 143 Å². The number of aliphatic carboxylic acids is 1. The van der Waals surface area contributed by atoms with Gasteiger partial charge in [-0.05, 0) is 19.3 Å². The SMILES string of the molecule is CCCCCCCCCCCCCCCCCCOCC(O)CN[C@@H](CCCN=C(N)N)C(=O)O. The first-order chi connectivity index (χ1) is 17.0. The van der Waals surface area contributed by atoms with Crippen LogP contribution in [0.4, 0.5) is 0 Å². The van der Waals surface area contributed by atoms with Crippen molar-refractivity contribution in [1.29, 1.82) is 0 Å². The normalized spacial score (nSPS) is 13.0. The monoisotopic (exact) mass is 500 g/mol. The number of hydrogen-bond acceptors (Lipinski definition) is 5. The van der Waals surface area contributed by atoms with E-state index in [1.807, 2.05) is 0 Å². The Labute approximate surface area is 214 Å². The summed E-state index contributed by atoms with van der Waals surface area (Å²) in [6, 6.07) is -0.737. The van der Waals surface area contributed by atoms with E-state index in [1.54, 1.807) is 0 Å². The van der Waals surface area contributed by atoms with Gasteiger partial charge in [-0.3, -0.25) is 9.79 Å². The molecule has 0 radical (unpaired) electrons. The molecule has 1 unspecified atom stereocenters. The summed E-state index contributed by atoms with van der Waals surface area (Å²) in [7, 11) is 0. The van der Waals surface area contributed by atoms with E-state index in [9.17, 15) is 15.0 Å². The summed E-state index contributed by atoms with van der Waals surface area (Å²) >= 11 is 0. The third-order valence-corrected chi connectivity index (χ3v) is 6.30. The second-order valence-electron chi connectivity index (χ2n) is 9.78. The van der Waals surface area contributed by atoms with Crippen LogP contribution in [0.2, 0.25) is 0 Å². The van der Waals surface area contributed by atoms with Gasteiger partial charge in [0.05, 0.1) is 12.7 Å². The lowest BCUT2D eigenvalue weighted by Crippen LogP contribution is -2.42. The predicted molar refractivity (Wildman–Crippen MR) is 146 cm³/mol. The third kappa shape index (κ3) is 25.5. The van der Waals surface area contributed by atoms with E-state index in [1.165, 1.54) is 89.9 Å². The average molecular weight is 501 g/mol. The zero-order valence-electron chi connectivity index (χ0n) is 22.5. The van der Waals surface area contributed by atoms with Crippen LogP contribution in [0.15, 0.2) is 4.99 Å². The maximum atomic E-state index is 11.3. The predicted octanol–water partition coefficient (Wildman–Crippen LogP) is 4.72. The molecule has 0 aliphatic carbocycles. The molecular weight excluding hydrogens is 444 g/mol. The van der Waals surface area contributed by atoms with Crippen molar-refractivity contribution in [3.05, 3.63) is 0 Å². The van der Waals surface area contributed by atoms with Crippen molar-refractivity contribution < 1.29 is 19.7 Å². The number of carboxylic acid groups (broad SMARTS) is 1. The Balaban J connectivity index is 3.43. The fourth-order valence-corrected chi connectivity index (χ4v) is 4.13. The molecule has 0 heterocycles. The van der Waals surface area contributed by atoms with Crippen LogP contribution in [0.3, 0.4) is 0 Å². The summed E-state index contributed by atoms with van der Waals surface area (Å²) in [5.74, 6) is -0.947. The summed E-state index contributed by atoms with van der Waals surface area (Å²) < 4.78 is 5.55. The molecule has 0 saturated heterocycles. The van der Waals surface area contributed by atoms with Crippen LogP contribution >= 0.6 is 0 Å². The van der Waals surface area contributed by atoms with Gasteiger partial charge in [-0.15, -0.1) is 0 Å². The third-order valence-electron chi connectivity index (χ3n) is 6.30. The van der Waals surface area contributed by atoms with Crippen LogP contribution in [0.25, 0.3) is 0 Å². The highest BCUT2D eigenvalue weighted by Crippen LogP contribution is 2.13. The highest BCUT2D eigenvalue weighted by molar-refractivity contribution is 5.75. The van der Waals surface area contributed by atoms with E-state index in [0.29, 0.717) is 26.0 Å². The Morgan fingerprint density at radius 1 is 0.829 bits per heavy atom. The van der Waals surface area contributed by atoms with Crippen LogP contribution in [-0.2, 0) is 9.53 Å². The van der Waals surface area contributed by atoms with Gasteiger partial charge in [0.15, 0.2) is 5.96 Å². The Hall–Kier alpha value is -1.38. The van der Waals surface area contributed by atoms with E-state index >= 15 is 0 Å². The molecule has 0 aromatic heterocycles. The molecular formula is C27H56N4O4. The molecule has 0 amide bonds. The summed E-state index contributed by atoms with van der Waals surface area (Å²) in [6.45, 7) is 3.69. The second-order valence-corrected chi connectivity index (χ2v) is 9.78. The lowest BCUT2D eigenvalue weighted by Gasteiger charge is -2.17. The summed E-state index contributed by atoms with van der Waals surface area (Å²) in [5.41, 5.74) is 10.5. The van der Waals surface area contributed by atoms with E-state index < -0.39 is 18.1 Å². The van der Waals surface area contributed by atoms with E-state index in [4.69, 9.17) is 16.2 Å². The molecule has 0 aromatic rings. The maximum absolute atomic E-state index is 11.3. The molecule has 208 valence electrons. The number of carbonyl (C=O) groups is 1. The van der Waals surface area contributed by atoms with Crippen LogP contribution in [-0.4, -0.2) is 60.6 Å². The minimum Gasteiger partial charge on any atom is -0.480 e. The lowest BCUT2D eigenvalue weighted by molar-refractivity contribution is -0.139. The molecule has 0 aromatic carbocycles. The van der Waals surface area contributed by atoms with Crippen molar-refractivity contribution in [2.45, 2.75) is 135 Å². The van der Waals surface area contributed by atoms with Crippen molar-refractivity contribution in [1.82, 2.24) is 5.32 Å². The van der Waals surface area contributed by atoms with Crippen LogP contribution in [0, 0.1) is 0 Å². The standard InChI is InChI=1S/C27H56N4O4/c1-2-3-4-5-6-7-8-9-10-11-12-13-14-15-16-17-21-35-23-24(32)22-31-25(26(33)34)19-18-20-30-27(28)29/h24-25,31-32H,2-23H2,1H3,(H,33,34)(H4,28,29,30)/t24?,25-/m0/s1. The van der Waals surface area contributed by atoms with Crippen molar-refractivity contribution in [2.75, 3.05) is 26.3 Å². The number of carboxylic acids is 1. The number of aliphatic hydroxyl groups is 1. The largest absolute Gasteiger partial charge is 0.480 e. The second kappa shape index (κ2) is 25.7. The summed E-state index contributed by atoms with van der Waals surface area (Å²) in [5, 5.41) is 22.2. The van der Waals surface area contributed by atoms with Gasteiger partial charge in [-0.2, -0.15) is 0 Å². The van der Waals surface area contributed by atoms with Gasteiger partial charge in [-0.25, -0.2) is 0 Å². The number of aliphatic hydroxyl groups excluding tert-OH is 1. The molecule has 0 bridgehead atoms. The minimum absolute atomic E-state index is 0.00162. The van der Waals surface area contributed by atoms with Crippen molar-refractivity contribution in [3.8, 4) is 0 Å². The number of aliphatic imine (C=N–C) groups is 1. The van der Waals surface area contributed by atoms with Crippen LogP contribution < -0.4 is 16.8 Å². The van der Waals surface area contributed by atoms with Crippen molar-refractivity contribution in [2.24, 2.45) is 16.5 Å². The molecule has 0 fully saturated rings. The van der Waals surface area contributed by atoms with Gasteiger partial charge in [0.1, 0.15) is 6.04 Å². The first-order valence-corrected chi connectivity index (χ1v) is 14.2. The number of ether oxygens (including phenoxy) is 1. The van der Waals surface area contributed by atoms with Gasteiger partial charge < -0.3 is 31.7 Å². The average Bonchev–Trinajstić information content (AvgIpc) is 2.82. The maximum Gasteiger partial charge on any atom is 0.320 e. The summed E-state index contributed by atoms with van der Waals surface area (Å²) in [4.78, 5) is 15.2. The first kappa shape index (κ1) is 33.6. The number of guanidine groups is 1. The molecule has 0 aliphatic rings. The first-order valence-electron chi connectivity index (χ1n) is 14.2. The van der Waals surface area contributed by atoms with E-state index in [-0.39, 0.29) is 19.1 Å². The molecule has 0 rings (SSSR count). The Morgan fingerprint density at radius 2 is 1.31 bits per heavy atom. The fraction of sp³-hybridized carbons (Fsp3) is 0.926. The van der Waals surface area contributed by atoms with Crippen molar-refractivity contribution >= 4 is 11.9 Å². The van der Waals surface area contributed by atoms with Gasteiger partial charge in [0.2, 0.25) is 0 Å². The zero-order chi connectivity index (χ0) is 26.0. The minimum atomic E-state index is -0.948. The van der Waals surface area contributed by atoms with Crippen LogP contribution in [0.5, 0.6) is 0 Å². The molecule has 7 N–H and O–H groups in total. The van der Waals surface area contributed by atoms with Crippen molar-refractivity contribution in [3.63, 3.8) is 0 Å². The number of nitrogens with two attached hydrogens (primary N) is 2. The van der Waals surface area contributed by atoms with Crippen LogP contribution in [0.1, 0.15) is 122 Å². The van der Waals surface area contributed by atoms with Gasteiger partial charge >= 0.3 is 5.97 Å². The number of unbranched alkanes of at least 4 members (excludes halogenated alkanes) is 15. The van der Waals surface area contributed by atoms with Gasteiger partial charge in [0, 0.05) is 19.7 Å². The number of nitrogens with one attached hydrogen (secondary N) is 1. The van der Waals surface area contributed by atoms with Gasteiger partial charge in [-0.1, -0.05) is 103 Å². The molecule has 0 spiro atoms. The highest BCUT2D eigenvalue weighted by atomic mass is 16.5. The highest BCUT2D eigenvalue weighted by Gasteiger charge is 2.17. The quantitative estimate of drug-likeness (QED) is 0.0623. The fourth-order valence-electron chi connectivity index (χ4n) is 4.13. The van der Waals surface area contributed by atoms with E-state index in [2.05, 4.69) is 17.2 Å². The lowest BCUT2D eigenvalue weighted by atomic mass is 10.0.